The summed E-state index contributed by atoms with van der Waals surface area (Å²) in [5, 5.41) is 31.3. The van der Waals surface area contributed by atoms with Crippen LogP contribution in [-0.2, 0) is 14.3 Å². The second-order valence-corrected chi connectivity index (χ2v) is 6.21. The lowest BCUT2D eigenvalue weighted by Crippen LogP contribution is -2.31. The van der Waals surface area contributed by atoms with Crippen LogP contribution in [0.3, 0.4) is 0 Å². The standard InChI is InChI=1S/C20H17ClN2O5/c1-28-19(26)10-16(13-3-5-15(21)6-4-13)23-20(27)14(11-22)8-12-2-7-17(24)18(25)9-12/h2-9,16,24-25H,10H2,1H3,(H,23,27)/b14-8+. The van der Waals surface area contributed by atoms with E-state index in [9.17, 15) is 25.1 Å². The van der Waals surface area contributed by atoms with Gasteiger partial charge in [-0.3, -0.25) is 9.59 Å². The fraction of sp³-hybridized carbons (Fsp3) is 0.150. The first kappa shape index (κ1) is 20.8. The minimum absolute atomic E-state index is 0.136. The Morgan fingerprint density at radius 1 is 1.21 bits per heavy atom. The molecule has 1 atom stereocenters. The molecule has 0 bridgehead atoms. The fourth-order valence-corrected chi connectivity index (χ4v) is 2.50. The summed E-state index contributed by atoms with van der Waals surface area (Å²) in [5.74, 6) is -1.94. The van der Waals surface area contributed by atoms with Gasteiger partial charge in [-0.2, -0.15) is 5.26 Å². The molecular weight excluding hydrogens is 384 g/mol. The van der Waals surface area contributed by atoms with Gasteiger partial charge in [0, 0.05) is 5.02 Å². The Balaban J connectivity index is 2.27. The van der Waals surface area contributed by atoms with Crippen molar-refractivity contribution >= 4 is 29.6 Å². The molecule has 2 aromatic rings. The van der Waals surface area contributed by atoms with Crippen LogP contribution in [0, 0.1) is 11.3 Å². The summed E-state index contributed by atoms with van der Waals surface area (Å²) in [6, 6.07) is 11.5. The summed E-state index contributed by atoms with van der Waals surface area (Å²) >= 11 is 5.87. The molecule has 0 aromatic heterocycles. The average molecular weight is 401 g/mol. The molecule has 0 saturated heterocycles. The quantitative estimate of drug-likeness (QED) is 0.296. The highest BCUT2D eigenvalue weighted by atomic mass is 35.5. The topological polar surface area (TPSA) is 120 Å². The van der Waals surface area contributed by atoms with Gasteiger partial charge in [0.15, 0.2) is 11.5 Å². The van der Waals surface area contributed by atoms with Crippen LogP contribution in [0.2, 0.25) is 5.02 Å². The van der Waals surface area contributed by atoms with Gasteiger partial charge >= 0.3 is 5.97 Å². The Morgan fingerprint density at radius 3 is 2.46 bits per heavy atom. The second kappa shape index (κ2) is 9.44. The van der Waals surface area contributed by atoms with Gasteiger partial charge < -0.3 is 20.3 Å². The van der Waals surface area contributed by atoms with Gasteiger partial charge in [-0.15, -0.1) is 0 Å². The number of nitrogens with one attached hydrogen (secondary N) is 1. The molecular formula is C20H17ClN2O5. The van der Waals surface area contributed by atoms with Crippen LogP contribution >= 0.6 is 11.6 Å². The van der Waals surface area contributed by atoms with Crippen LogP contribution in [0.4, 0.5) is 0 Å². The Hall–Kier alpha value is -3.50. The molecule has 0 heterocycles. The van der Waals surface area contributed by atoms with Crippen molar-refractivity contribution in [3.05, 3.63) is 64.2 Å². The van der Waals surface area contributed by atoms with Gasteiger partial charge in [-0.1, -0.05) is 29.8 Å². The molecule has 0 aliphatic heterocycles. The van der Waals surface area contributed by atoms with E-state index in [-0.39, 0.29) is 23.5 Å². The second-order valence-electron chi connectivity index (χ2n) is 5.78. The van der Waals surface area contributed by atoms with Crippen molar-refractivity contribution in [1.29, 1.82) is 5.26 Å². The van der Waals surface area contributed by atoms with Crippen LogP contribution in [0.1, 0.15) is 23.6 Å². The van der Waals surface area contributed by atoms with Gasteiger partial charge in [-0.05, 0) is 41.5 Å². The molecule has 2 aromatic carbocycles. The van der Waals surface area contributed by atoms with Crippen molar-refractivity contribution in [2.24, 2.45) is 0 Å². The number of nitrogens with zero attached hydrogens (tertiary/aromatic N) is 1. The Morgan fingerprint density at radius 2 is 1.89 bits per heavy atom. The van der Waals surface area contributed by atoms with Crippen LogP contribution in [0.15, 0.2) is 48.0 Å². The normalized spacial score (nSPS) is 12.0. The minimum Gasteiger partial charge on any atom is -0.504 e. The number of esters is 1. The van der Waals surface area contributed by atoms with Crippen molar-refractivity contribution in [3.8, 4) is 17.6 Å². The molecule has 0 radical (unpaired) electrons. The number of ether oxygens (including phenoxy) is 1. The highest BCUT2D eigenvalue weighted by Gasteiger charge is 2.21. The maximum absolute atomic E-state index is 12.6. The zero-order valence-electron chi connectivity index (χ0n) is 14.8. The molecule has 0 aliphatic rings. The van der Waals surface area contributed by atoms with E-state index in [4.69, 9.17) is 11.6 Å². The van der Waals surface area contributed by atoms with Crippen molar-refractivity contribution in [3.63, 3.8) is 0 Å². The number of amides is 1. The van der Waals surface area contributed by atoms with Gasteiger partial charge in [0.25, 0.3) is 5.91 Å². The van der Waals surface area contributed by atoms with E-state index in [0.717, 1.165) is 0 Å². The number of benzene rings is 2. The lowest BCUT2D eigenvalue weighted by atomic mass is 10.0. The van der Waals surface area contributed by atoms with Crippen LogP contribution < -0.4 is 5.32 Å². The Bertz CT molecular complexity index is 948. The largest absolute Gasteiger partial charge is 0.504 e. The number of hydrogen-bond donors (Lipinski definition) is 3. The molecule has 1 unspecified atom stereocenters. The number of phenols is 2. The van der Waals surface area contributed by atoms with Gasteiger partial charge in [0.05, 0.1) is 19.6 Å². The van der Waals surface area contributed by atoms with E-state index in [1.807, 2.05) is 0 Å². The Kier molecular flexibility index (Phi) is 7.02. The summed E-state index contributed by atoms with van der Waals surface area (Å²) < 4.78 is 4.67. The summed E-state index contributed by atoms with van der Waals surface area (Å²) in [7, 11) is 1.24. The predicted molar refractivity (Wildman–Crippen MR) is 102 cm³/mol. The number of methoxy groups -OCH3 is 1. The molecule has 144 valence electrons. The summed E-state index contributed by atoms with van der Waals surface area (Å²) in [5.41, 5.74) is 0.717. The lowest BCUT2D eigenvalue weighted by Gasteiger charge is -2.18. The van der Waals surface area contributed by atoms with Gasteiger partial charge in [0.1, 0.15) is 11.6 Å². The van der Waals surface area contributed by atoms with E-state index in [1.54, 1.807) is 30.3 Å². The number of aromatic hydroxyl groups is 2. The third kappa shape index (κ3) is 5.50. The van der Waals surface area contributed by atoms with E-state index < -0.39 is 17.9 Å². The monoisotopic (exact) mass is 400 g/mol. The lowest BCUT2D eigenvalue weighted by molar-refractivity contribution is -0.141. The zero-order chi connectivity index (χ0) is 20.7. The smallest absolute Gasteiger partial charge is 0.307 e. The van der Waals surface area contributed by atoms with E-state index in [2.05, 4.69) is 10.1 Å². The number of phenolic OH excluding ortho intramolecular Hbond substituents is 2. The van der Waals surface area contributed by atoms with Crippen LogP contribution in [-0.4, -0.2) is 29.2 Å². The average Bonchev–Trinajstić information content (AvgIpc) is 2.68. The van der Waals surface area contributed by atoms with Crippen molar-refractivity contribution in [2.75, 3.05) is 7.11 Å². The Labute approximate surface area is 166 Å². The number of nitriles is 1. The molecule has 0 saturated carbocycles. The maximum Gasteiger partial charge on any atom is 0.307 e. The van der Waals surface area contributed by atoms with Crippen molar-refractivity contribution in [2.45, 2.75) is 12.5 Å². The fourth-order valence-electron chi connectivity index (χ4n) is 2.38. The highest BCUT2D eigenvalue weighted by molar-refractivity contribution is 6.30. The summed E-state index contributed by atoms with van der Waals surface area (Å²) in [6.07, 6.45) is 1.12. The third-order valence-corrected chi connectivity index (χ3v) is 4.10. The van der Waals surface area contributed by atoms with Crippen LogP contribution in [0.25, 0.3) is 6.08 Å². The highest BCUT2D eigenvalue weighted by Crippen LogP contribution is 2.26. The maximum atomic E-state index is 12.6. The minimum atomic E-state index is -0.734. The third-order valence-electron chi connectivity index (χ3n) is 3.85. The first-order valence-electron chi connectivity index (χ1n) is 8.11. The molecule has 8 heteroatoms. The summed E-state index contributed by atoms with van der Waals surface area (Å²) in [6.45, 7) is 0. The number of carbonyl (C=O) groups excluding carboxylic acids is 2. The molecule has 0 fully saturated rings. The number of hydrogen-bond acceptors (Lipinski definition) is 6. The number of halogens is 1. The first-order valence-corrected chi connectivity index (χ1v) is 8.48. The number of carbonyl (C=O) groups is 2. The zero-order valence-corrected chi connectivity index (χ0v) is 15.6. The molecule has 0 aliphatic carbocycles. The van der Waals surface area contributed by atoms with Gasteiger partial charge in [-0.25, -0.2) is 0 Å². The summed E-state index contributed by atoms with van der Waals surface area (Å²) in [4.78, 5) is 24.3. The molecule has 3 N–H and O–H groups in total. The molecule has 0 spiro atoms. The van der Waals surface area contributed by atoms with E-state index >= 15 is 0 Å². The van der Waals surface area contributed by atoms with Crippen molar-refractivity contribution in [1.82, 2.24) is 5.32 Å². The SMILES string of the molecule is COC(=O)CC(NC(=O)/C(C#N)=C/c1ccc(O)c(O)c1)c1ccc(Cl)cc1. The van der Waals surface area contributed by atoms with Gasteiger partial charge in [0.2, 0.25) is 0 Å². The first-order chi connectivity index (χ1) is 13.3. The predicted octanol–water partition coefficient (Wildman–Crippen LogP) is 3.08. The van der Waals surface area contributed by atoms with E-state index in [0.29, 0.717) is 16.1 Å². The van der Waals surface area contributed by atoms with Crippen LogP contribution in [0.5, 0.6) is 11.5 Å². The molecule has 7 nitrogen and oxygen atoms in total. The molecule has 2 rings (SSSR count). The molecule has 28 heavy (non-hydrogen) atoms. The number of rotatable bonds is 6. The van der Waals surface area contributed by atoms with E-state index in [1.165, 1.54) is 31.4 Å². The molecule has 1 amide bonds. The van der Waals surface area contributed by atoms with Crippen molar-refractivity contribution < 1.29 is 24.5 Å².